The lowest BCUT2D eigenvalue weighted by atomic mass is 9.94. The van der Waals surface area contributed by atoms with Crippen LogP contribution in [0.5, 0.6) is 0 Å². The summed E-state index contributed by atoms with van der Waals surface area (Å²) in [5.41, 5.74) is 6.06. The Kier molecular flexibility index (Phi) is 6.30. The fraction of sp³-hybridized carbons (Fsp3) is 0.600. The number of nitrogens with two attached hydrogens (primary N) is 1. The zero-order valence-corrected chi connectivity index (χ0v) is 18.0. The van der Waals surface area contributed by atoms with E-state index >= 15 is 0 Å². The van der Waals surface area contributed by atoms with Gasteiger partial charge in [-0.05, 0) is 40.0 Å². The van der Waals surface area contributed by atoms with Crippen molar-refractivity contribution in [2.45, 2.75) is 64.8 Å². The van der Waals surface area contributed by atoms with Crippen molar-refractivity contribution in [1.82, 2.24) is 19.9 Å². The summed E-state index contributed by atoms with van der Waals surface area (Å²) in [5, 5.41) is 4.18. The van der Waals surface area contributed by atoms with Gasteiger partial charge in [-0.15, -0.1) is 11.3 Å². The van der Waals surface area contributed by atoms with Crippen molar-refractivity contribution < 1.29 is 4.79 Å². The fourth-order valence-electron chi connectivity index (χ4n) is 3.42. The van der Waals surface area contributed by atoms with E-state index in [1.165, 1.54) is 4.88 Å². The summed E-state index contributed by atoms with van der Waals surface area (Å²) in [7, 11) is 0. The lowest BCUT2D eigenvalue weighted by Crippen LogP contribution is -2.53. The molecule has 0 atom stereocenters. The van der Waals surface area contributed by atoms with Crippen LogP contribution in [0, 0.1) is 6.92 Å². The number of amides is 1. The highest BCUT2D eigenvalue weighted by molar-refractivity contribution is 7.15. The first-order valence-corrected chi connectivity index (χ1v) is 10.7. The van der Waals surface area contributed by atoms with Gasteiger partial charge in [-0.1, -0.05) is 13.3 Å². The van der Waals surface area contributed by atoms with E-state index in [0.717, 1.165) is 48.2 Å². The van der Waals surface area contributed by atoms with Crippen molar-refractivity contribution in [2.24, 2.45) is 5.73 Å². The van der Waals surface area contributed by atoms with Gasteiger partial charge in [-0.3, -0.25) is 4.79 Å². The van der Waals surface area contributed by atoms with Gasteiger partial charge in [0.1, 0.15) is 11.6 Å². The van der Waals surface area contributed by atoms with Crippen molar-refractivity contribution in [3.05, 3.63) is 28.7 Å². The molecule has 3 rings (SSSR count). The van der Waals surface area contributed by atoms with Crippen molar-refractivity contribution in [3.63, 3.8) is 0 Å². The molecule has 0 spiro atoms. The van der Waals surface area contributed by atoms with Crippen molar-refractivity contribution in [1.29, 1.82) is 0 Å². The van der Waals surface area contributed by atoms with Gasteiger partial charge in [-0.25, -0.2) is 15.0 Å². The van der Waals surface area contributed by atoms with E-state index in [1.807, 2.05) is 24.1 Å². The van der Waals surface area contributed by atoms with Crippen molar-refractivity contribution >= 4 is 28.2 Å². The van der Waals surface area contributed by atoms with Gasteiger partial charge >= 0.3 is 0 Å². The Morgan fingerprint density at radius 2 is 2.07 bits per heavy atom. The second kappa shape index (κ2) is 8.53. The second-order valence-corrected chi connectivity index (χ2v) is 9.16. The van der Waals surface area contributed by atoms with Crippen LogP contribution in [0.4, 0.5) is 10.9 Å². The third-order valence-corrected chi connectivity index (χ3v) is 5.83. The molecule has 1 fully saturated rings. The minimum Gasteiger partial charge on any atom is -0.341 e. The summed E-state index contributed by atoms with van der Waals surface area (Å²) in [6.07, 6.45) is 5.79. The molecule has 0 saturated carbocycles. The van der Waals surface area contributed by atoms with Crippen LogP contribution in [0.25, 0.3) is 0 Å². The predicted molar refractivity (Wildman–Crippen MR) is 113 cm³/mol. The molecular formula is C20H30N6OS. The summed E-state index contributed by atoms with van der Waals surface area (Å²) >= 11 is 1.67. The van der Waals surface area contributed by atoms with E-state index in [0.29, 0.717) is 13.1 Å². The van der Waals surface area contributed by atoms with Crippen LogP contribution in [0.1, 0.15) is 62.3 Å². The number of hydrogen-bond donors (Lipinski definition) is 2. The predicted octanol–water partition coefficient (Wildman–Crippen LogP) is 3.38. The summed E-state index contributed by atoms with van der Waals surface area (Å²) in [5.74, 6) is 1.87. The molecule has 0 aliphatic carbocycles. The Labute approximate surface area is 170 Å². The number of carbonyl (C=O) groups excluding carboxylic acids is 1. The minimum absolute atomic E-state index is 0.00474. The largest absolute Gasteiger partial charge is 0.341 e. The molecule has 3 heterocycles. The summed E-state index contributed by atoms with van der Waals surface area (Å²) < 4.78 is 0. The summed E-state index contributed by atoms with van der Waals surface area (Å²) in [6.45, 7) is 9.05. The van der Waals surface area contributed by atoms with Crippen LogP contribution in [0.2, 0.25) is 0 Å². The molecule has 2 aromatic rings. The monoisotopic (exact) mass is 402 g/mol. The number of likely N-dealkylation sites (tertiary alicyclic amines) is 1. The molecule has 3 N–H and O–H groups in total. The van der Waals surface area contributed by atoms with Gasteiger partial charge in [0.2, 0.25) is 5.91 Å². The zero-order valence-electron chi connectivity index (χ0n) is 17.2. The lowest BCUT2D eigenvalue weighted by molar-refractivity contribution is -0.136. The van der Waals surface area contributed by atoms with Gasteiger partial charge in [0.25, 0.3) is 0 Å². The Morgan fingerprint density at radius 3 is 2.71 bits per heavy atom. The smallest absolute Gasteiger partial charge is 0.242 e. The number of nitrogens with one attached hydrogen (secondary N) is 1. The molecule has 0 radical (unpaired) electrons. The Balaban J connectivity index is 1.67. The average molecular weight is 403 g/mol. The van der Waals surface area contributed by atoms with Crippen molar-refractivity contribution in [2.75, 3.05) is 18.4 Å². The molecule has 0 bridgehead atoms. The number of hydrogen-bond acceptors (Lipinski definition) is 7. The number of thiazole rings is 1. The summed E-state index contributed by atoms with van der Waals surface area (Å²) in [4.78, 5) is 29.4. The number of piperidine rings is 1. The molecule has 0 unspecified atom stereocenters. The molecule has 7 nitrogen and oxygen atoms in total. The highest BCUT2D eigenvalue weighted by atomic mass is 32.1. The number of anilines is 2. The molecule has 2 aromatic heterocycles. The second-order valence-electron chi connectivity index (χ2n) is 8.05. The highest BCUT2D eigenvalue weighted by Gasteiger charge is 2.32. The average Bonchev–Trinajstić information content (AvgIpc) is 3.07. The molecule has 28 heavy (non-hydrogen) atoms. The third kappa shape index (κ3) is 5.05. The number of aryl methyl sites for hydroxylation is 2. The van der Waals surface area contributed by atoms with Crippen LogP contribution < -0.4 is 11.1 Å². The maximum atomic E-state index is 12.4. The van der Waals surface area contributed by atoms with Crippen LogP contribution in [-0.4, -0.2) is 44.4 Å². The molecule has 1 saturated heterocycles. The first-order chi connectivity index (χ1) is 13.3. The van der Waals surface area contributed by atoms with E-state index < -0.39 is 5.54 Å². The van der Waals surface area contributed by atoms with Crippen LogP contribution in [0.15, 0.2) is 12.3 Å². The maximum absolute atomic E-state index is 12.4. The van der Waals surface area contributed by atoms with Gasteiger partial charge in [0.05, 0.1) is 5.54 Å². The standard InChI is InChI=1S/C20H30N6OS/c1-5-6-15-12-22-19(28-15)25-16-11-13(2)23-17(24-16)14-7-9-26(10-8-14)18(27)20(3,4)21/h11-12,14H,5-10,21H2,1-4H3,(H,22,23,24,25). The molecule has 152 valence electrons. The lowest BCUT2D eigenvalue weighted by Gasteiger charge is -2.35. The number of nitrogens with zero attached hydrogens (tertiary/aromatic N) is 4. The topological polar surface area (TPSA) is 97.0 Å². The molecule has 0 aromatic carbocycles. The third-order valence-electron chi connectivity index (χ3n) is 4.86. The van der Waals surface area contributed by atoms with Crippen LogP contribution in [0.3, 0.4) is 0 Å². The van der Waals surface area contributed by atoms with Crippen LogP contribution in [-0.2, 0) is 11.2 Å². The van der Waals surface area contributed by atoms with E-state index in [1.54, 1.807) is 25.2 Å². The first-order valence-electron chi connectivity index (χ1n) is 9.92. The van der Waals surface area contributed by atoms with E-state index in [9.17, 15) is 4.79 Å². The van der Waals surface area contributed by atoms with Gasteiger partial charge in [0.15, 0.2) is 5.13 Å². The Morgan fingerprint density at radius 1 is 1.36 bits per heavy atom. The minimum atomic E-state index is -0.825. The van der Waals surface area contributed by atoms with Gasteiger partial charge in [-0.2, -0.15) is 0 Å². The molecule has 1 aliphatic rings. The van der Waals surface area contributed by atoms with E-state index in [4.69, 9.17) is 10.7 Å². The normalized spacial score (nSPS) is 15.7. The van der Waals surface area contributed by atoms with Crippen LogP contribution >= 0.6 is 11.3 Å². The Hall–Kier alpha value is -2.06. The van der Waals surface area contributed by atoms with Gasteiger partial charge < -0.3 is 16.0 Å². The molecule has 1 amide bonds. The number of aromatic nitrogens is 3. The fourth-order valence-corrected chi connectivity index (χ4v) is 4.34. The van der Waals surface area contributed by atoms with Gasteiger partial charge in [0, 0.05) is 41.8 Å². The first kappa shape index (κ1) is 20.7. The Bertz CT molecular complexity index is 820. The molecule has 8 heteroatoms. The SMILES string of the molecule is CCCc1cnc(Nc2cc(C)nc(C3CCN(C(=O)C(C)(C)N)CC3)n2)s1. The number of carbonyl (C=O) groups is 1. The summed E-state index contributed by atoms with van der Waals surface area (Å²) in [6, 6.07) is 1.94. The maximum Gasteiger partial charge on any atom is 0.242 e. The zero-order chi connectivity index (χ0) is 20.3. The van der Waals surface area contributed by atoms with Crippen molar-refractivity contribution in [3.8, 4) is 0 Å². The molecule has 1 aliphatic heterocycles. The quantitative estimate of drug-likeness (QED) is 0.769. The highest BCUT2D eigenvalue weighted by Crippen LogP contribution is 2.29. The molecular weight excluding hydrogens is 372 g/mol. The van der Waals surface area contributed by atoms with E-state index in [-0.39, 0.29) is 11.8 Å². The van der Waals surface area contributed by atoms with E-state index in [2.05, 4.69) is 22.2 Å². The number of rotatable bonds is 6.